The van der Waals surface area contributed by atoms with Crippen LogP contribution in [0.2, 0.25) is 5.02 Å². The molecule has 2 aromatic carbocycles. The summed E-state index contributed by atoms with van der Waals surface area (Å²) in [5.41, 5.74) is 4.53. The number of fused-ring (bicyclic) bond motifs is 2. The molecule has 0 unspecified atom stereocenters. The number of halogens is 2. The molecule has 2 heterocycles. The fraction of sp³-hybridized carbons (Fsp3) is 0.105. The highest BCUT2D eigenvalue weighted by Crippen LogP contribution is 2.28. The summed E-state index contributed by atoms with van der Waals surface area (Å²) in [5, 5.41) is 3.88. The van der Waals surface area contributed by atoms with Crippen molar-refractivity contribution in [3.8, 4) is 0 Å². The number of hydrogen-bond acceptors (Lipinski definition) is 2. The molecule has 1 aromatic heterocycles. The van der Waals surface area contributed by atoms with Gasteiger partial charge in [0, 0.05) is 39.7 Å². The van der Waals surface area contributed by atoms with E-state index in [4.69, 9.17) is 11.6 Å². The molecule has 1 aliphatic heterocycles. The Morgan fingerprint density at radius 3 is 2.79 bits per heavy atom. The topological polar surface area (TPSA) is 34.0 Å². The van der Waals surface area contributed by atoms with Crippen molar-refractivity contribution in [2.45, 2.75) is 13.1 Å². The summed E-state index contributed by atoms with van der Waals surface area (Å²) in [6.45, 7) is 1.36. The molecule has 0 spiro atoms. The smallest absolute Gasteiger partial charge is 0.196 e. The average Bonchev–Trinajstić information content (AvgIpc) is 2.87. The van der Waals surface area contributed by atoms with E-state index in [1.165, 1.54) is 5.56 Å². The molecule has 3 aromatic rings. The Kier molecular flexibility index (Phi) is 3.94. The molecule has 3 nitrogen and oxygen atoms in total. The van der Waals surface area contributed by atoms with Crippen LogP contribution >= 0.6 is 27.5 Å². The number of para-hydroxylation sites is 1. The summed E-state index contributed by atoms with van der Waals surface area (Å²) >= 11 is 9.63. The summed E-state index contributed by atoms with van der Waals surface area (Å²) in [5.74, 6) is -0.0472. The minimum Gasteiger partial charge on any atom is -0.379 e. The van der Waals surface area contributed by atoms with E-state index in [-0.39, 0.29) is 5.78 Å². The summed E-state index contributed by atoms with van der Waals surface area (Å²) < 4.78 is 2.98. The van der Waals surface area contributed by atoms with Gasteiger partial charge >= 0.3 is 0 Å². The maximum atomic E-state index is 13.0. The molecule has 0 amide bonds. The van der Waals surface area contributed by atoms with Gasteiger partial charge in [-0.15, -0.1) is 0 Å². The number of carbonyl (C=O) groups is 1. The second-order valence-corrected chi connectivity index (χ2v) is 7.09. The van der Waals surface area contributed by atoms with E-state index >= 15 is 0 Å². The van der Waals surface area contributed by atoms with Gasteiger partial charge in [-0.3, -0.25) is 4.79 Å². The van der Waals surface area contributed by atoms with Crippen molar-refractivity contribution < 1.29 is 4.79 Å². The first-order valence-electron chi connectivity index (χ1n) is 7.63. The molecular formula is C19H14BrClN2O. The van der Waals surface area contributed by atoms with Crippen molar-refractivity contribution in [2.24, 2.45) is 0 Å². The van der Waals surface area contributed by atoms with Crippen LogP contribution in [0, 0.1) is 0 Å². The predicted octanol–water partition coefficient (Wildman–Crippen LogP) is 5.11. The van der Waals surface area contributed by atoms with Crippen LogP contribution in [0.5, 0.6) is 0 Å². The highest BCUT2D eigenvalue weighted by Gasteiger charge is 2.22. The number of anilines is 1. The number of aromatic nitrogens is 1. The minimum absolute atomic E-state index is 0.0472. The molecule has 0 radical (unpaired) electrons. The van der Waals surface area contributed by atoms with E-state index in [9.17, 15) is 4.79 Å². The third-order valence-electron chi connectivity index (χ3n) is 4.30. The zero-order valence-electron chi connectivity index (χ0n) is 12.7. The van der Waals surface area contributed by atoms with Crippen LogP contribution in [0.4, 0.5) is 5.69 Å². The summed E-state index contributed by atoms with van der Waals surface area (Å²) in [6, 6.07) is 15.4. The fourth-order valence-corrected chi connectivity index (χ4v) is 3.83. The van der Waals surface area contributed by atoms with E-state index in [0.29, 0.717) is 22.7 Å². The van der Waals surface area contributed by atoms with Gasteiger partial charge in [0.2, 0.25) is 0 Å². The Balaban J connectivity index is 1.73. The van der Waals surface area contributed by atoms with Crippen LogP contribution in [0.15, 0.2) is 59.2 Å². The Morgan fingerprint density at radius 2 is 1.96 bits per heavy atom. The summed E-state index contributed by atoms with van der Waals surface area (Å²) in [7, 11) is 0. The van der Waals surface area contributed by atoms with E-state index in [1.54, 1.807) is 12.1 Å². The molecule has 1 aliphatic rings. The third kappa shape index (κ3) is 2.66. The third-order valence-corrected chi connectivity index (χ3v) is 5.11. The van der Waals surface area contributed by atoms with Gasteiger partial charge < -0.3 is 9.88 Å². The number of rotatable bonds is 2. The van der Waals surface area contributed by atoms with Crippen LogP contribution in [-0.4, -0.2) is 10.4 Å². The zero-order chi connectivity index (χ0) is 16.7. The van der Waals surface area contributed by atoms with E-state index in [2.05, 4.69) is 37.9 Å². The molecule has 0 aliphatic carbocycles. The van der Waals surface area contributed by atoms with E-state index in [1.807, 2.05) is 30.5 Å². The fourth-order valence-electron chi connectivity index (χ4n) is 3.07. The standard InChI is InChI=1S/C19H14BrClN2O/c20-13-5-6-14(16(21)9-13)19(24)15-7-8-23-11-12-3-1-2-4-17(12)22-10-18(15)23/h1-9,22H,10-11H2. The molecule has 1 N–H and O–H groups in total. The maximum absolute atomic E-state index is 13.0. The van der Waals surface area contributed by atoms with Crippen molar-refractivity contribution in [1.82, 2.24) is 4.57 Å². The molecule has 0 atom stereocenters. The van der Waals surface area contributed by atoms with Gasteiger partial charge in [0.25, 0.3) is 0 Å². The van der Waals surface area contributed by atoms with Crippen molar-refractivity contribution in [1.29, 1.82) is 0 Å². The predicted molar refractivity (Wildman–Crippen MR) is 99.9 cm³/mol. The van der Waals surface area contributed by atoms with Crippen molar-refractivity contribution >= 4 is 39.0 Å². The molecule has 0 saturated carbocycles. The summed E-state index contributed by atoms with van der Waals surface area (Å²) in [4.78, 5) is 13.0. The lowest BCUT2D eigenvalue weighted by Gasteiger charge is -2.08. The van der Waals surface area contributed by atoms with Crippen molar-refractivity contribution in [2.75, 3.05) is 5.32 Å². The van der Waals surface area contributed by atoms with Gasteiger partial charge in [-0.25, -0.2) is 0 Å². The van der Waals surface area contributed by atoms with Gasteiger partial charge in [-0.1, -0.05) is 45.7 Å². The second-order valence-electron chi connectivity index (χ2n) is 5.77. The number of nitrogens with zero attached hydrogens (tertiary/aromatic N) is 1. The van der Waals surface area contributed by atoms with Gasteiger partial charge in [0.15, 0.2) is 5.78 Å². The number of carbonyl (C=O) groups excluding carboxylic acids is 1. The molecular weight excluding hydrogens is 388 g/mol. The lowest BCUT2D eigenvalue weighted by atomic mass is 10.0. The zero-order valence-corrected chi connectivity index (χ0v) is 15.1. The normalized spacial score (nSPS) is 12.8. The van der Waals surface area contributed by atoms with Crippen LogP contribution in [0.3, 0.4) is 0 Å². The number of ketones is 1. The lowest BCUT2D eigenvalue weighted by Crippen LogP contribution is -2.10. The van der Waals surface area contributed by atoms with Gasteiger partial charge in [-0.05, 0) is 35.9 Å². The second kappa shape index (κ2) is 6.11. The Labute approximate surface area is 153 Å². The molecule has 0 fully saturated rings. The molecule has 4 rings (SSSR count). The first-order chi connectivity index (χ1) is 11.6. The van der Waals surface area contributed by atoms with Crippen LogP contribution in [-0.2, 0) is 13.1 Å². The van der Waals surface area contributed by atoms with E-state index < -0.39 is 0 Å². The largest absolute Gasteiger partial charge is 0.379 e. The van der Waals surface area contributed by atoms with Crippen LogP contribution in [0.25, 0.3) is 0 Å². The van der Waals surface area contributed by atoms with Crippen molar-refractivity contribution in [3.05, 3.63) is 86.6 Å². The van der Waals surface area contributed by atoms with Crippen molar-refractivity contribution in [3.63, 3.8) is 0 Å². The maximum Gasteiger partial charge on any atom is 0.196 e. The van der Waals surface area contributed by atoms with Gasteiger partial charge in [0.05, 0.1) is 11.6 Å². The SMILES string of the molecule is O=C(c1ccc(Br)cc1Cl)c1ccn2c1CNc1ccccc1C2. The number of benzene rings is 2. The lowest BCUT2D eigenvalue weighted by molar-refractivity contribution is 0.103. The van der Waals surface area contributed by atoms with Crippen LogP contribution in [0.1, 0.15) is 27.2 Å². The Bertz CT molecular complexity index is 948. The Hall–Kier alpha value is -2.04. The highest BCUT2D eigenvalue weighted by atomic mass is 79.9. The average molecular weight is 402 g/mol. The van der Waals surface area contributed by atoms with Crippen LogP contribution < -0.4 is 5.32 Å². The highest BCUT2D eigenvalue weighted by molar-refractivity contribution is 9.10. The molecule has 0 bridgehead atoms. The molecule has 5 heteroatoms. The number of nitrogens with one attached hydrogen (secondary N) is 1. The van der Waals surface area contributed by atoms with Gasteiger partial charge in [-0.2, -0.15) is 0 Å². The molecule has 24 heavy (non-hydrogen) atoms. The van der Waals surface area contributed by atoms with E-state index in [0.717, 1.165) is 22.4 Å². The Morgan fingerprint density at radius 1 is 1.12 bits per heavy atom. The first-order valence-corrected chi connectivity index (χ1v) is 8.80. The molecule has 0 saturated heterocycles. The van der Waals surface area contributed by atoms with Gasteiger partial charge in [0.1, 0.15) is 0 Å². The minimum atomic E-state index is -0.0472. The first kappa shape index (κ1) is 15.5. The monoisotopic (exact) mass is 400 g/mol. The number of hydrogen-bond donors (Lipinski definition) is 1. The summed E-state index contributed by atoms with van der Waals surface area (Å²) in [6.07, 6.45) is 1.97. The molecule has 120 valence electrons. The quantitative estimate of drug-likeness (QED) is 0.606.